The third kappa shape index (κ3) is 3.28. The van der Waals surface area contributed by atoms with Gasteiger partial charge in [0.25, 0.3) is 5.91 Å². The lowest BCUT2D eigenvalue weighted by atomic mass is 10.0. The van der Waals surface area contributed by atoms with E-state index in [1.807, 2.05) is 0 Å². The van der Waals surface area contributed by atoms with Crippen molar-refractivity contribution >= 4 is 11.6 Å². The molecule has 25 heavy (non-hydrogen) atoms. The number of hydrogen-bond donors (Lipinski definition) is 1. The fraction of sp³-hybridized carbons (Fsp3) is 0.125. The van der Waals surface area contributed by atoms with Crippen LogP contribution in [-0.2, 0) is 6.18 Å². The van der Waals surface area contributed by atoms with Crippen LogP contribution in [0.1, 0.15) is 16.1 Å². The number of aromatic nitrogens is 4. The van der Waals surface area contributed by atoms with E-state index in [0.29, 0.717) is 5.56 Å². The summed E-state index contributed by atoms with van der Waals surface area (Å²) < 4.78 is 40.1. The van der Waals surface area contributed by atoms with Crippen LogP contribution in [0.25, 0.3) is 16.8 Å². The number of carbonyl (C=O) groups is 1. The second-order valence-corrected chi connectivity index (χ2v) is 5.01. The second kappa shape index (κ2) is 6.24. The molecule has 2 heterocycles. The van der Waals surface area contributed by atoms with Crippen molar-refractivity contribution in [3.05, 3.63) is 47.9 Å². The van der Waals surface area contributed by atoms with E-state index in [0.717, 1.165) is 12.1 Å². The highest BCUT2D eigenvalue weighted by Gasteiger charge is 2.30. The van der Waals surface area contributed by atoms with Crippen LogP contribution < -0.4 is 5.32 Å². The molecule has 0 saturated heterocycles. The van der Waals surface area contributed by atoms with Gasteiger partial charge in [0.2, 0.25) is 0 Å². The first-order valence-corrected chi connectivity index (χ1v) is 7.00. The Labute approximate surface area is 139 Å². The molecule has 0 saturated carbocycles. The maximum Gasteiger partial charge on any atom is 0.416 e. The van der Waals surface area contributed by atoms with Crippen LogP contribution in [0.4, 0.5) is 13.2 Å². The number of hydrogen-bond acceptors (Lipinski definition) is 4. The van der Waals surface area contributed by atoms with Crippen molar-refractivity contribution < 1.29 is 18.0 Å². The molecule has 1 aromatic carbocycles. The molecule has 3 aromatic rings. The zero-order valence-corrected chi connectivity index (χ0v) is 12.6. The third-order valence-electron chi connectivity index (χ3n) is 3.35. The second-order valence-electron chi connectivity index (χ2n) is 5.01. The number of amides is 1. The number of benzene rings is 1. The molecule has 0 aliphatic carbocycles. The summed E-state index contributed by atoms with van der Waals surface area (Å²) in [6.07, 6.45) is 1.86. The molecule has 1 N–H and O–H groups in total. The predicted molar refractivity (Wildman–Crippen MR) is 82.4 cm³/mol. The Hall–Kier alpha value is -3.41. The summed E-state index contributed by atoms with van der Waals surface area (Å²) in [5, 5.41) is 14.0. The Morgan fingerprint density at radius 1 is 1.32 bits per heavy atom. The molecule has 1 amide bonds. The summed E-state index contributed by atoms with van der Waals surface area (Å²) in [5.41, 5.74) is -0.0636. The molecule has 0 atom stereocenters. The van der Waals surface area contributed by atoms with Crippen molar-refractivity contribution in [2.45, 2.75) is 6.18 Å². The molecule has 0 unspecified atom stereocenters. The lowest BCUT2D eigenvalue weighted by molar-refractivity contribution is -0.137. The van der Waals surface area contributed by atoms with Gasteiger partial charge in [-0.15, -0.1) is 16.6 Å². The van der Waals surface area contributed by atoms with Crippen molar-refractivity contribution in [1.82, 2.24) is 25.1 Å². The maximum absolute atomic E-state index is 13.0. The van der Waals surface area contributed by atoms with Crippen LogP contribution in [-0.4, -0.2) is 32.3 Å². The number of carbonyl (C=O) groups excluding carboxylic acids is 1. The molecule has 0 fully saturated rings. The zero-order valence-electron chi connectivity index (χ0n) is 12.6. The van der Waals surface area contributed by atoms with Crippen LogP contribution in [0.15, 0.2) is 36.7 Å². The highest BCUT2D eigenvalue weighted by Crippen LogP contribution is 2.33. The van der Waals surface area contributed by atoms with E-state index in [1.54, 1.807) is 0 Å². The van der Waals surface area contributed by atoms with Crippen LogP contribution in [0.3, 0.4) is 0 Å². The van der Waals surface area contributed by atoms with Gasteiger partial charge in [-0.05, 0) is 23.8 Å². The van der Waals surface area contributed by atoms with Crippen molar-refractivity contribution in [3.63, 3.8) is 0 Å². The van der Waals surface area contributed by atoms with Crippen LogP contribution >= 0.6 is 0 Å². The molecule has 0 radical (unpaired) electrons. The van der Waals surface area contributed by atoms with Gasteiger partial charge in [0, 0.05) is 5.56 Å². The van der Waals surface area contributed by atoms with Crippen LogP contribution in [0, 0.1) is 12.3 Å². The molecule has 3 rings (SSSR count). The van der Waals surface area contributed by atoms with Gasteiger partial charge in [0.05, 0.1) is 12.1 Å². The van der Waals surface area contributed by atoms with Crippen LogP contribution in [0.5, 0.6) is 0 Å². The molecule has 6 nitrogen and oxygen atoms in total. The molecule has 0 aliphatic heterocycles. The van der Waals surface area contributed by atoms with E-state index >= 15 is 0 Å². The predicted octanol–water partition coefficient (Wildman–Crippen LogP) is 2.17. The van der Waals surface area contributed by atoms with Gasteiger partial charge >= 0.3 is 6.18 Å². The van der Waals surface area contributed by atoms with E-state index in [-0.39, 0.29) is 23.4 Å². The number of rotatable bonds is 3. The lowest BCUT2D eigenvalue weighted by Crippen LogP contribution is -2.25. The van der Waals surface area contributed by atoms with E-state index in [2.05, 4.69) is 26.5 Å². The maximum atomic E-state index is 13.0. The number of halogens is 3. The molecule has 126 valence electrons. The Bertz CT molecular complexity index is 987. The van der Waals surface area contributed by atoms with Crippen molar-refractivity contribution in [3.8, 4) is 23.5 Å². The Balaban J connectivity index is 2.14. The first-order chi connectivity index (χ1) is 11.9. The lowest BCUT2D eigenvalue weighted by Gasteiger charge is -2.10. The fourth-order valence-electron chi connectivity index (χ4n) is 2.23. The quantitative estimate of drug-likeness (QED) is 0.739. The van der Waals surface area contributed by atoms with Gasteiger partial charge in [-0.1, -0.05) is 18.1 Å². The van der Waals surface area contributed by atoms with E-state index in [9.17, 15) is 18.0 Å². The van der Waals surface area contributed by atoms with E-state index in [1.165, 1.54) is 29.0 Å². The Morgan fingerprint density at radius 3 is 2.84 bits per heavy atom. The highest BCUT2D eigenvalue weighted by atomic mass is 19.4. The molecule has 0 aliphatic rings. The van der Waals surface area contributed by atoms with E-state index < -0.39 is 17.6 Å². The molecule has 9 heteroatoms. The molecule has 0 bridgehead atoms. The number of fused-ring (bicyclic) bond motifs is 1. The van der Waals surface area contributed by atoms with Gasteiger partial charge < -0.3 is 5.32 Å². The number of alkyl halides is 3. The Morgan fingerprint density at radius 2 is 2.12 bits per heavy atom. The number of nitrogens with one attached hydrogen (secondary N) is 1. The zero-order chi connectivity index (χ0) is 18.0. The van der Waals surface area contributed by atoms with Gasteiger partial charge in [0.1, 0.15) is 12.0 Å². The standard InChI is InChI=1S/C16H10F3N5O/c1-2-6-20-15(25)13-8-12(14-22-21-9-24(14)23-13)10-4-3-5-11(7-10)16(17,18)19/h1,3-5,7-9H,6H2,(H,20,25). The minimum Gasteiger partial charge on any atom is -0.340 e. The monoisotopic (exact) mass is 345 g/mol. The summed E-state index contributed by atoms with van der Waals surface area (Å²) in [6.45, 7) is -0.000376. The number of terminal acetylenes is 1. The number of nitrogens with zero attached hydrogens (tertiary/aromatic N) is 4. The largest absolute Gasteiger partial charge is 0.416 e. The molecule has 0 spiro atoms. The fourth-order valence-corrected chi connectivity index (χ4v) is 2.23. The molecular formula is C16H10F3N5O. The summed E-state index contributed by atoms with van der Waals surface area (Å²) in [6, 6.07) is 6.07. The highest BCUT2D eigenvalue weighted by molar-refractivity contribution is 5.94. The van der Waals surface area contributed by atoms with Gasteiger partial charge in [-0.25, -0.2) is 0 Å². The first-order valence-electron chi connectivity index (χ1n) is 7.00. The average molecular weight is 345 g/mol. The van der Waals surface area contributed by atoms with Crippen molar-refractivity contribution in [1.29, 1.82) is 0 Å². The summed E-state index contributed by atoms with van der Waals surface area (Å²) >= 11 is 0. The average Bonchev–Trinajstić information content (AvgIpc) is 3.06. The summed E-state index contributed by atoms with van der Waals surface area (Å²) in [5.74, 6) is 1.70. The minimum absolute atomic E-state index is 0.000376. The van der Waals surface area contributed by atoms with Gasteiger partial charge in [-0.3, -0.25) is 4.79 Å². The van der Waals surface area contributed by atoms with Crippen molar-refractivity contribution in [2.75, 3.05) is 6.54 Å². The third-order valence-corrected chi connectivity index (χ3v) is 3.35. The smallest absolute Gasteiger partial charge is 0.340 e. The summed E-state index contributed by atoms with van der Waals surface area (Å²) in [7, 11) is 0. The SMILES string of the molecule is C#CCNC(=O)c1cc(-c2cccc(C(F)(F)F)c2)c2nncn2n1. The van der Waals surface area contributed by atoms with E-state index in [4.69, 9.17) is 6.42 Å². The van der Waals surface area contributed by atoms with Gasteiger partial charge in [0.15, 0.2) is 5.65 Å². The normalized spacial score (nSPS) is 11.3. The van der Waals surface area contributed by atoms with Crippen molar-refractivity contribution in [2.24, 2.45) is 0 Å². The first kappa shape index (κ1) is 16.4. The molecule has 2 aromatic heterocycles. The molecular weight excluding hydrogens is 335 g/mol. The summed E-state index contributed by atoms with van der Waals surface area (Å²) in [4.78, 5) is 12.1. The Kier molecular flexibility index (Phi) is 4.10. The van der Waals surface area contributed by atoms with Gasteiger partial charge in [-0.2, -0.15) is 22.8 Å². The van der Waals surface area contributed by atoms with Crippen LogP contribution in [0.2, 0.25) is 0 Å². The topological polar surface area (TPSA) is 72.2 Å². The minimum atomic E-state index is -4.49.